The van der Waals surface area contributed by atoms with Crippen molar-refractivity contribution in [2.45, 2.75) is 6.54 Å². The number of nitrogens with zero attached hydrogens (tertiary/aromatic N) is 3. The van der Waals surface area contributed by atoms with E-state index in [0.717, 1.165) is 15.3 Å². The number of carbonyl (C=O) groups is 1. The molecule has 0 aliphatic rings. The van der Waals surface area contributed by atoms with Crippen LogP contribution in [-0.2, 0) is 11.3 Å². The van der Waals surface area contributed by atoms with Crippen molar-refractivity contribution in [2.75, 3.05) is 5.32 Å². The molecule has 0 unspecified atom stereocenters. The minimum atomic E-state index is -0.678. The third-order valence-corrected chi connectivity index (χ3v) is 4.59. The van der Waals surface area contributed by atoms with Gasteiger partial charge in [0.2, 0.25) is 11.8 Å². The second kappa shape index (κ2) is 7.38. The van der Waals surface area contributed by atoms with E-state index < -0.39 is 5.76 Å². The summed E-state index contributed by atoms with van der Waals surface area (Å²) in [6.45, 7) is -0.233. The summed E-state index contributed by atoms with van der Waals surface area (Å²) in [6, 6.07) is 16.4. The van der Waals surface area contributed by atoms with E-state index >= 15 is 0 Å². The molecule has 1 amide bonds. The van der Waals surface area contributed by atoms with Gasteiger partial charge in [0.15, 0.2) is 0 Å². The summed E-state index contributed by atoms with van der Waals surface area (Å²) in [7, 11) is 0. The molecule has 0 radical (unpaired) electrons. The topological polar surface area (TPSA) is 90.0 Å². The van der Waals surface area contributed by atoms with Gasteiger partial charge in [-0.05, 0) is 36.4 Å². The third kappa shape index (κ3) is 3.85. The maximum atomic E-state index is 12.2. The minimum absolute atomic E-state index is 0.182. The molecule has 134 valence electrons. The molecule has 2 aromatic carbocycles. The average molecular weight is 378 g/mol. The highest BCUT2D eigenvalue weighted by molar-refractivity contribution is 7.13. The van der Waals surface area contributed by atoms with E-state index in [9.17, 15) is 9.59 Å². The van der Waals surface area contributed by atoms with E-state index in [2.05, 4.69) is 15.4 Å². The highest BCUT2D eigenvalue weighted by Gasteiger charge is 2.13. The third-order valence-electron chi connectivity index (χ3n) is 3.77. The Morgan fingerprint density at radius 3 is 2.56 bits per heavy atom. The Labute approximate surface area is 157 Å². The lowest BCUT2D eigenvalue weighted by atomic mass is 10.2. The predicted octanol–water partition coefficient (Wildman–Crippen LogP) is 3.27. The zero-order valence-corrected chi connectivity index (χ0v) is 14.8. The van der Waals surface area contributed by atoms with E-state index in [1.807, 2.05) is 35.7 Å². The van der Waals surface area contributed by atoms with E-state index in [1.54, 1.807) is 41.8 Å². The standard InChI is InChI=1S/C19H14N4O3S/c24-16(21-15-8-6-14(7-9-15)18-20-10-11-27-18)12-23-19(25)26-17(22-23)13-4-2-1-3-5-13/h1-11H,12H2,(H,21,24). The van der Waals surface area contributed by atoms with Crippen LogP contribution in [0.25, 0.3) is 22.0 Å². The van der Waals surface area contributed by atoms with Gasteiger partial charge in [-0.2, -0.15) is 4.68 Å². The summed E-state index contributed by atoms with van der Waals surface area (Å²) in [5, 5.41) is 9.64. The van der Waals surface area contributed by atoms with E-state index in [4.69, 9.17) is 4.42 Å². The normalized spacial score (nSPS) is 10.7. The number of hydrogen-bond acceptors (Lipinski definition) is 6. The second-order valence-corrected chi connectivity index (χ2v) is 6.55. The number of amides is 1. The Balaban J connectivity index is 1.44. The van der Waals surface area contributed by atoms with Gasteiger partial charge >= 0.3 is 5.76 Å². The summed E-state index contributed by atoms with van der Waals surface area (Å²) < 4.78 is 6.12. The number of aromatic nitrogens is 3. The van der Waals surface area contributed by atoms with Gasteiger partial charge in [0.1, 0.15) is 11.6 Å². The molecular formula is C19H14N4O3S. The van der Waals surface area contributed by atoms with Crippen LogP contribution in [0.4, 0.5) is 5.69 Å². The summed E-state index contributed by atoms with van der Waals surface area (Å²) >= 11 is 1.54. The van der Waals surface area contributed by atoms with Crippen LogP contribution in [0.15, 0.2) is 75.4 Å². The van der Waals surface area contributed by atoms with Crippen LogP contribution in [0, 0.1) is 0 Å². The quantitative estimate of drug-likeness (QED) is 0.576. The van der Waals surface area contributed by atoms with E-state index in [0.29, 0.717) is 11.3 Å². The lowest BCUT2D eigenvalue weighted by Gasteiger charge is -2.05. The zero-order chi connectivity index (χ0) is 18.6. The van der Waals surface area contributed by atoms with Crippen LogP contribution in [0.1, 0.15) is 0 Å². The van der Waals surface area contributed by atoms with Gasteiger partial charge < -0.3 is 9.73 Å². The van der Waals surface area contributed by atoms with E-state index in [-0.39, 0.29) is 18.3 Å². The first-order chi connectivity index (χ1) is 13.2. The molecule has 1 N–H and O–H groups in total. The lowest BCUT2D eigenvalue weighted by Crippen LogP contribution is -2.25. The van der Waals surface area contributed by atoms with Gasteiger partial charge in [-0.3, -0.25) is 4.79 Å². The van der Waals surface area contributed by atoms with Crippen LogP contribution in [0.2, 0.25) is 0 Å². The van der Waals surface area contributed by atoms with Crippen LogP contribution < -0.4 is 11.1 Å². The summed E-state index contributed by atoms with van der Waals surface area (Å²) in [5.74, 6) is -0.865. The van der Waals surface area contributed by atoms with Gasteiger partial charge in [0, 0.05) is 28.4 Å². The van der Waals surface area contributed by atoms with Gasteiger partial charge in [0.25, 0.3) is 0 Å². The van der Waals surface area contributed by atoms with Crippen molar-refractivity contribution in [1.82, 2.24) is 14.8 Å². The number of benzene rings is 2. The van der Waals surface area contributed by atoms with Crippen molar-refractivity contribution >= 4 is 22.9 Å². The second-order valence-electron chi connectivity index (χ2n) is 5.66. The van der Waals surface area contributed by atoms with Gasteiger partial charge in [-0.1, -0.05) is 18.2 Å². The first-order valence-electron chi connectivity index (χ1n) is 8.12. The maximum absolute atomic E-state index is 12.2. The highest BCUT2D eigenvalue weighted by atomic mass is 32.1. The Morgan fingerprint density at radius 1 is 1.07 bits per heavy atom. The highest BCUT2D eigenvalue weighted by Crippen LogP contribution is 2.23. The first kappa shape index (κ1) is 16.9. The summed E-state index contributed by atoms with van der Waals surface area (Å²) in [6.07, 6.45) is 1.75. The van der Waals surface area contributed by atoms with Crippen LogP contribution in [0.3, 0.4) is 0 Å². The molecule has 4 aromatic rings. The molecule has 4 rings (SSSR count). The van der Waals surface area contributed by atoms with E-state index in [1.165, 1.54) is 0 Å². The number of anilines is 1. The molecule has 8 heteroatoms. The number of carbonyl (C=O) groups excluding carboxylic acids is 1. The summed E-state index contributed by atoms with van der Waals surface area (Å²) in [5.41, 5.74) is 2.27. The molecule has 27 heavy (non-hydrogen) atoms. The number of rotatable bonds is 5. The van der Waals surface area contributed by atoms with Gasteiger partial charge in [-0.15, -0.1) is 16.4 Å². The first-order valence-corrected chi connectivity index (χ1v) is 9.00. The SMILES string of the molecule is O=C(Cn1nc(-c2ccccc2)oc1=O)Nc1ccc(-c2nccs2)cc1. The fraction of sp³-hybridized carbons (Fsp3) is 0.0526. The molecule has 7 nitrogen and oxygen atoms in total. The van der Waals surface area contributed by atoms with Crippen molar-refractivity contribution < 1.29 is 9.21 Å². The number of hydrogen-bond donors (Lipinski definition) is 1. The Kier molecular flexibility index (Phi) is 4.63. The average Bonchev–Trinajstić information content (AvgIpc) is 3.34. The number of nitrogens with one attached hydrogen (secondary N) is 1. The van der Waals surface area contributed by atoms with Crippen molar-refractivity contribution in [2.24, 2.45) is 0 Å². The van der Waals surface area contributed by atoms with Crippen molar-refractivity contribution in [3.8, 4) is 22.0 Å². The van der Waals surface area contributed by atoms with Crippen LogP contribution in [-0.4, -0.2) is 20.7 Å². The molecule has 0 saturated heterocycles. The minimum Gasteiger partial charge on any atom is -0.388 e. The summed E-state index contributed by atoms with van der Waals surface area (Å²) in [4.78, 5) is 28.4. The number of thiazole rings is 1. The monoisotopic (exact) mass is 378 g/mol. The molecule has 2 aromatic heterocycles. The van der Waals surface area contributed by atoms with Crippen molar-refractivity contribution in [3.63, 3.8) is 0 Å². The molecule has 0 spiro atoms. The molecule has 0 atom stereocenters. The maximum Gasteiger partial charge on any atom is 0.437 e. The molecule has 2 heterocycles. The fourth-order valence-electron chi connectivity index (χ4n) is 2.50. The van der Waals surface area contributed by atoms with Crippen LogP contribution >= 0.6 is 11.3 Å². The molecule has 0 aliphatic heterocycles. The molecule has 0 bridgehead atoms. The molecule has 0 aliphatic carbocycles. The fourth-order valence-corrected chi connectivity index (χ4v) is 3.15. The largest absolute Gasteiger partial charge is 0.437 e. The molecule has 0 saturated carbocycles. The predicted molar refractivity (Wildman–Crippen MR) is 102 cm³/mol. The Hall–Kier alpha value is -3.52. The smallest absolute Gasteiger partial charge is 0.388 e. The Bertz CT molecular complexity index is 1100. The van der Waals surface area contributed by atoms with Crippen molar-refractivity contribution in [3.05, 3.63) is 76.7 Å². The molecular weight excluding hydrogens is 364 g/mol. The van der Waals surface area contributed by atoms with Crippen LogP contribution in [0.5, 0.6) is 0 Å². The zero-order valence-electron chi connectivity index (χ0n) is 14.0. The van der Waals surface area contributed by atoms with Crippen molar-refractivity contribution in [1.29, 1.82) is 0 Å². The molecule has 0 fully saturated rings. The Morgan fingerprint density at radius 2 is 1.85 bits per heavy atom. The lowest BCUT2D eigenvalue weighted by molar-refractivity contribution is -0.117. The van der Waals surface area contributed by atoms with Gasteiger partial charge in [0.05, 0.1) is 0 Å². The van der Waals surface area contributed by atoms with Gasteiger partial charge in [-0.25, -0.2) is 9.78 Å².